The quantitative estimate of drug-likeness (QED) is 0.154. The van der Waals surface area contributed by atoms with Gasteiger partial charge in [0.15, 0.2) is 17.5 Å². The molecule has 0 saturated carbocycles. The van der Waals surface area contributed by atoms with Gasteiger partial charge in [-0.05, 0) is 79.1 Å². The number of para-hydroxylation sites is 3. The number of hydrogen-bond acceptors (Lipinski definition) is 4. The molecule has 8 aromatic carbocycles. The minimum absolute atomic E-state index is 0.595. The molecule has 0 saturated heterocycles. The molecule has 0 spiro atoms. The summed E-state index contributed by atoms with van der Waals surface area (Å²) in [5.74, 6) is 1.81. The first-order chi connectivity index (χ1) is 30.2. The fourth-order valence-electron chi connectivity index (χ4n) is 9.31. The predicted molar refractivity (Wildman–Crippen MR) is 251 cm³/mol. The lowest BCUT2D eigenvalue weighted by atomic mass is 10.1. The molecule has 6 nitrogen and oxygen atoms in total. The Balaban J connectivity index is 1.07. The van der Waals surface area contributed by atoms with Crippen LogP contribution >= 0.6 is 0 Å². The van der Waals surface area contributed by atoms with Crippen LogP contribution in [0.15, 0.2) is 186 Å². The molecule has 4 aromatic heterocycles. The van der Waals surface area contributed by atoms with E-state index in [0.29, 0.717) is 17.5 Å². The second-order valence-corrected chi connectivity index (χ2v) is 15.9. The molecular formula is C55H39N5O. The first-order valence-electron chi connectivity index (χ1n) is 21.1. The third-order valence-corrected chi connectivity index (χ3v) is 12.1. The van der Waals surface area contributed by atoms with Gasteiger partial charge < -0.3 is 13.6 Å². The highest BCUT2D eigenvalue weighted by Gasteiger charge is 2.21. The van der Waals surface area contributed by atoms with Gasteiger partial charge in [-0.15, -0.1) is 0 Å². The molecule has 0 fully saturated rings. The van der Waals surface area contributed by atoms with Crippen molar-refractivity contribution >= 4 is 65.6 Å². The smallest absolute Gasteiger partial charge is 0.164 e. The summed E-state index contributed by atoms with van der Waals surface area (Å²) in [6.45, 7) is 2.26. The van der Waals surface area contributed by atoms with Gasteiger partial charge in [0.2, 0.25) is 0 Å². The van der Waals surface area contributed by atoms with Crippen LogP contribution in [-0.2, 0) is 6.42 Å². The topological polar surface area (TPSA) is 61.7 Å². The Kier molecular flexibility index (Phi) is 8.17. The van der Waals surface area contributed by atoms with Gasteiger partial charge in [-0.3, -0.25) is 0 Å². The van der Waals surface area contributed by atoms with Crippen LogP contribution in [0.1, 0.15) is 25.3 Å². The Hall–Kier alpha value is -7.83. The number of aromatic nitrogens is 5. The molecule has 0 unspecified atom stereocenters. The Bertz CT molecular complexity index is 3650. The molecule has 0 atom stereocenters. The maximum atomic E-state index is 6.29. The van der Waals surface area contributed by atoms with E-state index in [0.717, 1.165) is 61.8 Å². The van der Waals surface area contributed by atoms with Crippen LogP contribution in [0.3, 0.4) is 0 Å². The van der Waals surface area contributed by atoms with Crippen LogP contribution in [0.25, 0.3) is 111 Å². The van der Waals surface area contributed by atoms with E-state index < -0.39 is 0 Å². The van der Waals surface area contributed by atoms with Crippen LogP contribution in [-0.4, -0.2) is 24.1 Å². The molecule has 12 rings (SSSR count). The lowest BCUT2D eigenvalue weighted by Gasteiger charge is -2.12. The number of nitrogens with zero attached hydrogens (tertiary/aromatic N) is 5. The average Bonchev–Trinajstić information content (AvgIpc) is 3.98. The summed E-state index contributed by atoms with van der Waals surface area (Å²) in [6, 6.07) is 64.4. The first kappa shape index (κ1) is 35.1. The van der Waals surface area contributed by atoms with Gasteiger partial charge >= 0.3 is 0 Å². The molecular weight excluding hydrogens is 747 g/mol. The average molecular weight is 786 g/mol. The second kappa shape index (κ2) is 14.2. The van der Waals surface area contributed by atoms with Crippen LogP contribution in [0.5, 0.6) is 0 Å². The van der Waals surface area contributed by atoms with Crippen molar-refractivity contribution in [2.24, 2.45) is 0 Å². The third kappa shape index (κ3) is 5.75. The Morgan fingerprint density at radius 2 is 0.984 bits per heavy atom. The number of unbranched alkanes of at least 4 members (excludes halogenated alkanes) is 1. The monoisotopic (exact) mass is 785 g/mol. The van der Waals surface area contributed by atoms with Gasteiger partial charge in [-0.1, -0.05) is 135 Å². The van der Waals surface area contributed by atoms with E-state index in [9.17, 15) is 0 Å². The van der Waals surface area contributed by atoms with Gasteiger partial charge in [0.05, 0.1) is 22.1 Å². The van der Waals surface area contributed by atoms with Gasteiger partial charge in [0.25, 0.3) is 0 Å². The highest BCUT2D eigenvalue weighted by Crippen LogP contribution is 2.41. The van der Waals surface area contributed by atoms with E-state index in [1.165, 1.54) is 56.7 Å². The van der Waals surface area contributed by atoms with Gasteiger partial charge in [0.1, 0.15) is 11.2 Å². The predicted octanol–water partition coefficient (Wildman–Crippen LogP) is 14.3. The summed E-state index contributed by atoms with van der Waals surface area (Å²) < 4.78 is 11.1. The Morgan fingerprint density at radius 1 is 0.426 bits per heavy atom. The maximum absolute atomic E-state index is 6.29. The van der Waals surface area contributed by atoms with Crippen LogP contribution in [0.4, 0.5) is 0 Å². The molecule has 4 heterocycles. The maximum Gasteiger partial charge on any atom is 0.164 e. The first-order valence-corrected chi connectivity index (χ1v) is 21.1. The number of furan rings is 1. The molecule has 61 heavy (non-hydrogen) atoms. The summed E-state index contributed by atoms with van der Waals surface area (Å²) in [7, 11) is 0. The summed E-state index contributed by atoms with van der Waals surface area (Å²) in [4.78, 5) is 15.5. The van der Waals surface area contributed by atoms with E-state index in [1.807, 2.05) is 60.7 Å². The fraction of sp³-hybridized carbons (Fsp3) is 0.0727. The zero-order valence-electron chi connectivity index (χ0n) is 33.6. The number of rotatable bonds is 8. The zero-order valence-corrected chi connectivity index (χ0v) is 33.6. The number of benzene rings is 8. The van der Waals surface area contributed by atoms with Crippen LogP contribution in [0, 0.1) is 0 Å². The van der Waals surface area contributed by atoms with Crippen molar-refractivity contribution in [3.63, 3.8) is 0 Å². The molecule has 6 heteroatoms. The number of fused-ring (bicyclic) bond motifs is 9. The molecule has 0 bridgehead atoms. The van der Waals surface area contributed by atoms with Crippen molar-refractivity contribution in [2.45, 2.75) is 26.2 Å². The van der Waals surface area contributed by atoms with Crippen molar-refractivity contribution in [1.82, 2.24) is 24.1 Å². The van der Waals surface area contributed by atoms with Crippen LogP contribution in [0.2, 0.25) is 0 Å². The molecule has 0 radical (unpaired) electrons. The molecule has 0 aliphatic carbocycles. The number of hydrogen-bond donors (Lipinski definition) is 0. The molecule has 0 amide bonds. The van der Waals surface area contributed by atoms with E-state index in [2.05, 4.69) is 137 Å². The molecule has 0 N–H and O–H groups in total. The van der Waals surface area contributed by atoms with Gasteiger partial charge in [-0.2, -0.15) is 0 Å². The Labute approximate surface area is 352 Å². The standard InChI is InChI=1S/C55H39N5O/c1-2-3-16-35-17-13-21-38(31-35)59-46-27-10-7-23-40(46)44-34-49-45(33-48(44)59)41-24-8-11-28-47(41)60(49)39-22-14-20-37(32-39)54-56-53(36-18-5-4-6-19-36)57-55(58-54)43-26-15-30-51-52(43)42-25-9-12-29-50(42)61-51/h4-15,17-34H,2-3,16H2,1H3. The molecule has 290 valence electrons. The van der Waals surface area contributed by atoms with Crippen molar-refractivity contribution in [2.75, 3.05) is 0 Å². The van der Waals surface area contributed by atoms with E-state index >= 15 is 0 Å². The van der Waals surface area contributed by atoms with Crippen molar-refractivity contribution < 1.29 is 4.42 Å². The summed E-state index contributed by atoms with van der Waals surface area (Å²) in [6.07, 6.45) is 3.44. The fourth-order valence-corrected chi connectivity index (χ4v) is 9.31. The summed E-state index contributed by atoms with van der Waals surface area (Å²) in [5, 5.41) is 6.88. The van der Waals surface area contributed by atoms with Crippen molar-refractivity contribution in [3.05, 3.63) is 188 Å². The van der Waals surface area contributed by atoms with Gasteiger partial charge in [0, 0.05) is 60.4 Å². The molecule has 12 aromatic rings. The zero-order chi connectivity index (χ0) is 40.4. The van der Waals surface area contributed by atoms with Crippen molar-refractivity contribution in [3.8, 4) is 45.5 Å². The van der Waals surface area contributed by atoms with E-state index in [1.54, 1.807) is 0 Å². The SMILES string of the molecule is CCCCc1cccc(-n2c3ccccc3c3cc4c(cc32)c2ccccc2n4-c2cccc(-c3nc(-c4ccccc4)nc(-c4cccc5oc6ccccc6c45)n3)c2)c1. The van der Waals surface area contributed by atoms with Crippen molar-refractivity contribution in [1.29, 1.82) is 0 Å². The Morgan fingerprint density at radius 3 is 1.70 bits per heavy atom. The largest absolute Gasteiger partial charge is 0.456 e. The third-order valence-electron chi connectivity index (χ3n) is 12.1. The van der Waals surface area contributed by atoms with Gasteiger partial charge in [-0.25, -0.2) is 15.0 Å². The minimum atomic E-state index is 0.595. The van der Waals surface area contributed by atoms with E-state index in [4.69, 9.17) is 19.4 Å². The van der Waals surface area contributed by atoms with Crippen LogP contribution < -0.4 is 0 Å². The number of aryl methyl sites for hydroxylation is 1. The summed E-state index contributed by atoms with van der Waals surface area (Å²) in [5.41, 5.74) is 12.6. The highest BCUT2D eigenvalue weighted by molar-refractivity contribution is 6.19. The normalized spacial score (nSPS) is 11.9. The highest BCUT2D eigenvalue weighted by atomic mass is 16.3. The molecule has 0 aliphatic rings. The van der Waals surface area contributed by atoms with E-state index in [-0.39, 0.29) is 0 Å². The lowest BCUT2D eigenvalue weighted by molar-refractivity contribution is 0.669. The lowest BCUT2D eigenvalue weighted by Crippen LogP contribution is -2.01. The minimum Gasteiger partial charge on any atom is -0.456 e. The second-order valence-electron chi connectivity index (χ2n) is 15.9. The summed E-state index contributed by atoms with van der Waals surface area (Å²) >= 11 is 0. The molecule has 0 aliphatic heterocycles.